The number of ether oxygens (including phenoxy) is 1. The molecule has 1 fully saturated rings. The van der Waals surface area contributed by atoms with Crippen LogP contribution in [-0.4, -0.2) is 40.7 Å². The van der Waals surface area contributed by atoms with Gasteiger partial charge in [-0.25, -0.2) is 4.98 Å². The second-order valence-electron chi connectivity index (χ2n) is 7.64. The van der Waals surface area contributed by atoms with Gasteiger partial charge in [0.15, 0.2) is 0 Å². The molecule has 4 rings (SSSR count). The number of rotatable bonds is 6. The Morgan fingerprint density at radius 3 is 2.55 bits per heavy atom. The van der Waals surface area contributed by atoms with E-state index in [9.17, 15) is 4.79 Å². The molecule has 3 aromatic rings. The molecular formula is C23H28N4O2. The SMILES string of the molecule is CC(N)c1nc2cccc(OCCN3CCCCC3)c2c(=O)n1-c1ccccc1. The number of fused-ring (bicyclic) bond motifs is 1. The third-order valence-electron chi connectivity index (χ3n) is 5.42. The van der Waals surface area contributed by atoms with Gasteiger partial charge in [-0.2, -0.15) is 0 Å². The second kappa shape index (κ2) is 8.76. The van der Waals surface area contributed by atoms with Gasteiger partial charge in [0.25, 0.3) is 5.56 Å². The number of piperidine rings is 1. The van der Waals surface area contributed by atoms with Crippen LogP contribution in [0, 0.1) is 0 Å². The fraction of sp³-hybridized carbons (Fsp3) is 0.391. The number of nitrogens with zero attached hydrogens (tertiary/aromatic N) is 3. The van der Waals surface area contributed by atoms with E-state index in [0.717, 1.165) is 25.3 Å². The molecule has 2 N–H and O–H groups in total. The van der Waals surface area contributed by atoms with E-state index < -0.39 is 0 Å². The predicted molar refractivity (Wildman–Crippen MR) is 116 cm³/mol. The van der Waals surface area contributed by atoms with Gasteiger partial charge in [0, 0.05) is 6.54 Å². The normalized spacial score (nSPS) is 16.1. The highest BCUT2D eigenvalue weighted by Crippen LogP contribution is 2.24. The smallest absolute Gasteiger partial charge is 0.269 e. The number of benzene rings is 2. The summed E-state index contributed by atoms with van der Waals surface area (Å²) in [5, 5.41) is 0.499. The molecule has 6 heteroatoms. The Morgan fingerprint density at radius 1 is 1.07 bits per heavy atom. The minimum absolute atomic E-state index is 0.151. The Hall–Kier alpha value is -2.70. The van der Waals surface area contributed by atoms with Crippen LogP contribution in [0.2, 0.25) is 0 Å². The first-order valence-corrected chi connectivity index (χ1v) is 10.4. The predicted octanol–water partition coefficient (Wildman–Crippen LogP) is 3.27. The average molecular weight is 393 g/mol. The first-order chi connectivity index (χ1) is 14.1. The third-order valence-corrected chi connectivity index (χ3v) is 5.42. The van der Waals surface area contributed by atoms with Crippen molar-refractivity contribution >= 4 is 10.9 Å². The van der Waals surface area contributed by atoms with Crippen LogP contribution in [0.3, 0.4) is 0 Å². The monoisotopic (exact) mass is 392 g/mol. The summed E-state index contributed by atoms with van der Waals surface area (Å²) in [5.41, 5.74) is 7.37. The van der Waals surface area contributed by atoms with Crippen molar-refractivity contribution in [1.29, 1.82) is 0 Å². The van der Waals surface area contributed by atoms with Gasteiger partial charge in [-0.1, -0.05) is 30.7 Å². The Kier molecular flexibility index (Phi) is 5.92. The van der Waals surface area contributed by atoms with Crippen molar-refractivity contribution in [3.63, 3.8) is 0 Å². The quantitative estimate of drug-likeness (QED) is 0.697. The fourth-order valence-corrected chi connectivity index (χ4v) is 3.94. The van der Waals surface area contributed by atoms with Crippen LogP contribution >= 0.6 is 0 Å². The highest BCUT2D eigenvalue weighted by molar-refractivity contribution is 5.84. The standard InChI is InChI=1S/C23H28N4O2/c1-17(24)22-25-19-11-8-12-20(29-16-15-26-13-6-3-7-14-26)21(19)23(28)27(22)18-9-4-2-5-10-18/h2,4-5,8-12,17H,3,6-7,13-16,24H2,1H3. The molecule has 1 saturated heterocycles. The minimum atomic E-state index is -0.379. The van der Waals surface area contributed by atoms with Gasteiger partial charge in [0.1, 0.15) is 23.6 Å². The molecule has 1 atom stereocenters. The van der Waals surface area contributed by atoms with Crippen molar-refractivity contribution in [2.75, 3.05) is 26.2 Å². The maximum absolute atomic E-state index is 13.5. The lowest BCUT2D eigenvalue weighted by Gasteiger charge is -2.26. The largest absolute Gasteiger partial charge is 0.491 e. The maximum atomic E-state index is 13.5. The van der Waals surface area contributed by atoms with Gasteiger partial charge in [0.05, 0.1) is 17.2 Å². The van der Waals surface area contributed by atoms with Crippen LogP contribution in [0.25, 0.3) is 16.6 Å². The zero-order valence-electron chi connectivity index (χ0n) is 16.9. The first-order valence-electron chi connectivity index (χ1n) is 10.4. The molecule has 2 heterocycles. The van der Waals surface area contributed by atoms with Gasteiger partial charge in [-0.05, 0) is 57.1 Å². The van der Waals surface area contributed by atoms with Crippen molar-refractivity contribution in [2.24, 2.45) is 5.73 Å². The molecular weight excluding hydrogens is 364 g/mol. The van der Waals surface area contributed by atoms with E-state index in [1.807, 2.05) is 55.5 Å². The van der Waals surface area contributed by atoms with Crippen LogP contribution in [0.4, 0.5) is 0 Å². The molecule has 2 aromatic carbocycles. The third kappa shape index (κ3) is 4.18. The van der Waals surface area contributed by atoms with Crippen molar-refractivity contribution in [3.05, 3.63) is 64.7 Å². The van der Waals surface area contributed by atoms with Crippen molar-refractivity contribution < 1.29 is 4.74 Å². The Morgan fingerprint density at radius 2 is 1.83 bits per heavy atom. The Balaban J connectivity index is 1.72. The highest BCUT2D eigenvalue weighted by Gasteiger charge is 2.18. The summed E-state index contributed by atoms with van der Waals surface area (Å²) in [5.74, 6) is 1.12. The minimum Gasteiger partial charge on any atom is -0.491 e. The van der Waals surface area contributed by atoms with E-state index >= 15 is 0 Å². The number of hydrogen-bond acceptors (Lipinski definition) is 5. The zero-order valence-corrected chi connectivity index (χ0v) is 16.9. The lowest BCUT2D eigenvalue weighted by molar-refractivity contribution is 0.184. The fourth-order valence-electron chi connectivity index (χ4n) is 3.94. The molecule has 0 amide bonds. The zero-order chi connectivity index (χ0) is 20.2. The van der Waals surface area contributed by atoms with E-state index in [2.05, 4.69) is 4.90 Å². The molecule has 6 nitrogen and oxygen atoms in total. The van der Waals surface area contributed by atoms with Crippen LogP contribution in [-0.2, 0) is 0 Å². The molecule has 0 aliphatic carbocycles. The number of aromatic nitrogens is 2. The summed E-state index contributed by atoms with van der Waals surface area (Å²) in [7, 11) is 0. The van der Waals surface area contributed by atoms with Gasteiger partial charge in [-0.3, -0.25) is 14.3 Å². The van der Waals surface area contributed by atoms with Crippen molar-refractivity contribution in [1.82, 2.24) is 14.5 Å². The Bertz CT molecular complexity index is 1020. The molecule has 1 aliphatic heterocycles. The molecule has 1 aromatic heterocycles. The summed E-state index contributed by atoms with van der Waals surface area (Å²) in [6, 6.07) is 14.7. The molecule has 0 spiro atoms. The van der Waals surface area contributed by atoms with Crippen molar-refractivity contribution in [2.45, 2.75) is 32.2 Å². The Labute approximate surface area is 170 Å². The summed E-state index contributed by atoms with van der Waals surface area (Å²) in [4.78, 5) is 20.7. The molecule has 1 aliphatic rings. The molecule has 0 radical (unpaired) electrons. The molecule has 0 bridgehead atoms. The second-order valence-corrected chi connectivity index (χ2v) is 7.64. The topological polar surface area (TPSA) is 73.4 Å². The van der Waals surface area contributed by atoms with E-state index in [1.54, 1.807) is 4.57 Å². The maximum Gasteiger partial charge on any atom is 0.269 e. The number of hydrogen-bond donors (Lipinski definition) is 1. The lowest BCUT2D eigenvalue weighted by atomic mass is 10.1. The molecule has 29 heavy (non-hydrogen) atoms. The lowest BCUT2D eigenvalue weighted by Crippen LogP contribution is -2.33. The average Bonchev–Trinajstić information content (AvgIpc) is 2.75. The van der Waals surface area contributed by atoms with E-state index in [1.165, 1.54) is 19.3 Å². The molecule has 152 valence electrons. The van der Waals surface area contributed by atoms with Gasteiger partial charge >= 0.3 is 0 Å². The highest BCUT2D eigenvalue weighted by atomic mass is 16.5. The number of para-hydroxylation sites is 1. The van der Waals surface area contributed by atoms with Crippen LogP contribution in [0.15, 0.2) is 53.3 Å². The van der Waals surface area contributed by atoms with E-state index in [-0.39, 0.29) is 11.6 Å². The molecule has 1 unspecified atom stereocenters. The van der Waals surface area contributed by atoms with Crippen LogP contribution in [0.5, 0.6) is 5.75 Å². The number of likely N-dealkylation sites (tertiary alicyclic amines) is 1. The van der Waals surface area contributed by atoms with E-state index in [0.29, 0.717) is 29.1 Å². The van der Waals surface area contributed by atoms with Gasteiger partial charge in [-0.15, -0.1) is 0 Å². The van der Waals surface area contributed by atoms with E-state index in [4.69, 9.17) is 15.5 Å². The summed E-state index contributed by atoms with van der Waals surface area (Å²) in [6.07, 6.45) is 3.81. The first kappa shape index (κ1) is 19.6. The summed E-state index contributed by atoms with van der Waals surface area (Å²) in [6.45, 7) is 5.51. The number of nitrogens with two attached hydrogens (primary N) is 1. The van der Waals surface area contributed by atoms with Gasteiger partial charge in [0.2, 0.25) is 0 Å². The molecule has 0 saturated carbocycles. The van der Waals surface area contributed by atoms with Crippen LogP contribution < -0.4 is 16.0 Å². The summed E-state index contributed by atoms with van der Waals surface area (Å²) < 4.78 is 7.67. The van der Waals surface area contributed by atoms with Gasteiger partial charge < -0.3 is 10.5 Å². The van der Waals surface area contributed by atoms with Crippen LogP contribution in [0.1, 0.15) is 38.1 Å². The summed E-state index contributed by atoms with van der Waals surface area (Å²) >= 11 is 0. The van der Waals surface area contributed by atoms with Crippen molar-refractivity contribution in [3.8, 4) is 11.4 Å².